The maximum absolute atomic E-state index is 13.9. The molecular weight excluding hydrogens is 314 g/mol. The molecule has 0 aromatic heterocycles. The number of nitrogens with one attached hydrogen (secondary N) is 1. The Kier molecular flexibility index (Phi) is 5.80. The molecule has 1 amide bonds. The number of benzene rings is 1. The van der Waals surface area contributed by atoms with Gasteiger partial charge in [0.1, 0.15) is 5.60 Å². The third-order valence-corrected chi connectivity index (χ3v) is 4.04. The summed E-state index contributed by atoms with van der Waals surface area (Å²) in [6.45, 7) is 6.14. The molecule has 0 spiro atoms. The third kappa shape index (κ3) is 5.44. The molecule has 2 rings (SSSR count). The molecular formula is C18H26F2N2O2. The average molecular weight is 340 g/mol. The van der Waals surface area contributed by atoms with Crippen molar-refractivity contribution in [3.63, 3.8) is 0 Å². The Morgan fingerprint density at radius 3 is 2.62 bits per heavy atom. The van der Waals surface area contributed by atoms with Gasteiger partial charge in [0.2, 0.25) is 0 Å². The lowest BCUT2D eigenvalue weighted by Gasteiger charge is -2.29. The van der Waals surface area contributed by atoms with Crippen LogP contribution in [-0.2, 0) is 11.3 Å². The Hall–Kier alpha value is -1.69. The van der Waals surface area contributed by atoms with Crippen molar-refractivity contribution in [2.45, 2.75) is 51.8 Å². The lowest BCUT2D eigenvalue weighted by molar-refractivity contribution is 0.0506. The fourth-order valence-corrected chi connectivity index (χ4v) is 2.72. The van der Waals surface area contributed by atoms with Gasteiger partial charge in [-0.15, -0.1) is 0 Å². The van der Waals surface area contributed by atoms with E-state index >= 15 is 0 Å². The molecule has 0 unspecified atom stereocenters. The molecule has 1 saturated carbocycles. The van der Waals surface area contributed by atoms with Gasteiger partial charge in [0.15, 0.2) is 11.6 Å². The summed E-state index contributed by atoms with van der Waals surface area (Å²) in [6, 6.07) is 4.27. The predicted molar refractivity (Wildman–Crippen MR) is 88.6 cm³/mol. The van der Waals surface area contributed by atoms with E-state index in [0.717, 1.165) is 18.9 Å². The molecule has 1 aromatic rings. The van der Waals surface area contributed by atoms with Crippen LogP contribution < -0.4 is 5.32 Å². The number of rotatable bonds is 6. The second kappa shape index (κ2) is 7.47. The van der Waals surface area contributed by atoms with Crippen LogP contribution in [-0.4, -0.2) is 36.2 Å². The van der Waals surface area contributed by atoms with Gasteiger partial charge in [-0.2, -0.15) is 0 Å². The number of halogens is 2. The molecule has 0 heterocycles. The van der Waals surface area contributed by atoms with Gasteiger partial charge in [-0.1, -0.05) is 12.1 Å². The standard InChI is InChI=1S/C18H26F2N2O2/c1-18(2,3)24-17(23)21-10-15(12-8-9-12)22(4)11-13-6-5-7-14(19)16(13)20/h5-7,12,15H,8-11H2,1-4H3,(H,21,23)/t15-/m0/s1. The third-order valence-electron chi connectivity index (χ3n) is 4.04. The van der Waals surface area contributed by atoms with Gasteiger partial charge in [-0.05, 0) is 52.6 Å². The van der Waals surface area contributed by atoms with E-state index in [1.165, 1.54) is 6.07 Å². The summed E-state index contributed by atoms with van der Waals surface area (Å²) in [5, 5.41) is 2.78. The molecule has 1 N–H and O–H groups in total. The molecule has 0 aliphatic heterocycles. The highest BCUT2D eigenvalue weighted by atomic mass is 19.2. The minimum atomic E-state index is -0.837. The van der Waals surface area contributed by atoms with E-state index in [4.69, 9.17) is 4.74 Å². The second-order valence-electron chi connectivity index (χ2n) is 7.42. The van der Waals surface area contributed by atoms with Crippen molar-refractivity contribution in [3.05, 3.63) is 35.4 Å². The van der Waals surface area contributed by atoms with Crippen molar-refractivity contribution in [3.8, 4) is 0 Å². The molecule has 1 aliphatic rings. The van der Waals surface area contributed by atoms with Gasteiger partial charge in [-0.3, -0.25) is 4.90 Å². The van der Waals surface area contributed by atoms with Gasteiger partial charge in [0, 0.05) is 24.7 Å². The summed E-state index contributed by atoms with van der Waals surface area (Å²) in [5.74, 6) is -1.18. The lowest BCUT2D eigenvalue weighted by atomic mass is 10.1. The number of carbonyl (C=O) groups excluding carboxylic acids is 1. The molecule has 1 aromatic carbocycles. The monoisotopic (exact) mass is 340 g/mol. The minimum Gasteiger partial charge on any atom is -0.444 e. The van der Waals surface area contributed by atoms with Crippen molar-refractivity contribution in [1.29, 1.82) is 0 Å². The van der Waals surface area contributed by atoms with E-state index in [9.17, 15) is 13.6 Å². The molecule has 1 aliphatic carbocycles. The van der Waals surface area contributed by atoms with Crippen molar-refractivity contribution < 1.29 is 18.3 Å². The van der Waals surface area contributed by atoms with E-state index in [-0.39, 0.29) is 6.04 Å². The zero-order valence-corrected chi connectivity index (χ0v) is 14.7. The first-order valence-corrected chi connectivity index (χ1v) is 8.27. The molecule has 24 heavy (non-hydrogen) atoms. The Balaban J connectivity index is 1.95. The molecule has 0 bridgehead atoms. The van der Waals surface area contributed by atoms with Crippen LogP contribution in [0.5, 0.6) is 0 Å². The van der Waals surface area contributed by atoms with Crippen LogP contribution in [0.1, 0.15) is 39.2 Å². The quantitative estimate of drug-likeness (QED) is 0.858. The summed E-state index contributed by atoms with van der Waals surface area (Å²) < 4.78 is 32.4. The number of alkyl carbamates (subject to hydrolysis) is 1. The topological polar surface area (TPSA) is 41.6 Å². The maximum Gasteiger partial charge on any atom is 0.407 e. The molecule has 134 valence electrons. The highest BCUT2D eigenvalue weighted by Crippen LogP contribution is 2.35. The molecule has 1 fully saturated rings. The van der Waals surface area contributed by atoms with Crippen molar-refractivity contribution >= 4 is 6.09 Å². The smallest absolute Gasteiger partial charge is 0.407 e. The van der Waals surface area contributed by atoms with E-state index in [1.807, 2.05) is 32.7 Å². The summed E-state index contributed by atoms with van der Waals surface area (Å²) in [5.41, 5.74) is -0.226. The van der Waals surface area contributed by atoms with Gasteiger partial charge < -0.3 is 10.1 Å². The molecule has 1 atom stereocenters. The number of amides is 1. The molecule has 6 heteroatoms. The van der Waals surface area contributed by atoms with Crippen molar-refractivity contribution in [2.24, 2.45) is 5.92 Å². The SMILES string of the molecule is CN(Cc1cccc(F)c1F)[C@@H](CNC(=O)OC(C)(C)C)C1CC1. The van der Waals surface area contributed by atoms with E-state index in [0.29, 0.717) is 24.6 Å². The fraction of sp³-hybridized carbons (Fsp3) is 0.611. The lowest BCUT2D eigenvalue weighted by Crippen LogP contribution is -2.44. The Morgan fingerprint density at radius 2 is 2.04 bits per heavy atom. The van der Waals surface area contributed by atoms with Crippen LogP contribution in [0.25, 0.3) is 0 Å². The first-order chi connectivity index (χ1) is 11.2. The van der Waals surface area contributed by atoms with Crippen LogP contribution in [0, 0.1) is 17.6 Å². The summed E-state index contributed by atoms with van der Waals surface area (Å²) >= 11 is 0. The van der Waals surface area contributed by atoms with Crippen LogP contribution >= 0.6 is 0 Å². The molecule has 4 nitrogen and oxygen atoms in total. The van der Waals surface area contributed by atoms with E-state index in [2.05, 4.69) is 5.32 Å². The summed E-state index contributed by atoms with van der Waals surface area (Å²) in [7, 11) is 1.87. The number of carbonyl (C=O) groups is 1. The first-order valence-electron chi connectivity index (χ1n) is 8.27. The van der Waals surface area contributed by atoms with E-state index < -0.39 is 23.3 Å². The largest absolute Gasteiger partial charge is 0.444 e. The summed E-state index contributed by atoms with van der Waals surface area (Å²) in [4.78, 5) is 13.8. The minimum absolute atomic E-state index is 0.0696. The number of hydrogen-bond donors (Lipinski definition) is 1. The van der Waals surface area contributed by atoms with Crippen molar-refractivity contribution in [2.75, 3.05) is 13.6 Å². The fourth-order valence-electron chi connectivity index (χ4n) is 2.72. The van der Waals surface area contributed by atoms with Gasteiger partial charge in [0.25, 0.3) is 0 Å². The van der Waals surface area contributed by atoms with Crippen LogP contribution in [0.4, 0.5) is 13.6 Å². The average Bonchev–Trinajstić information content (AvgIpc) is 3.27. The molecule has 0 radical (unpaired) electrons. The molecule has 0 saturated heterocycles. The first kappa shape index (κ1) is 18.6. The number of hydrogen-bond acceptors (Lipinski definition) is 3. The Labute approximate surface area is 142 Å². The van der Waals surface area contributed by atoms with Gasteiger partial charge >= 0.3 is 6.09 Å². The number of likely N-dealkylation sites (N-methyl/N-ethyl adjacent to an activating group) is 1. The van der Waals surface area contributed by atoms with Crippen LogP contribution in [0.3, 0.4) is 0 Å². The maximum atomic E-state index is 13.9. The summed E-state index contributed by atoms with van der Waals surface area (Å²) in [6.07, 6.45) is 1.70. The zero-order chi connectivity index (χ0) is 17.9. The zero-order valence-electron chi connectivity index (χ0n) is 14.7. The van der Waals surface area contributed by atoms with Gasteiger partial charge in [-0.25, -0.2) is 13.6 Å². The highest BCUT2D eigenvalue weighted by molar-refractivity contribution is 5.67. The highest BCUT2D eigenvalue weighted by Gasteiger charge is 2.34. The Morgan fingerprint density at radius 1 is 1.38 bits per heavy atom. The van der Waals surface area contributed by atoms with E-state index in [1.54, 1.807) is 6.07 Å². The second-order valence-corrected chi connectivity index (χ2v) is 7.42. The van der Waals surface area contributed by atoms with Crippen LogP contribution in [0.2, 0.25) is 0 Å². The Bertz CT molecular complexity index is 583. The predicted octanol–water partition coefficient (Wildman–Crippen LogP) is 3.70. The number of nitrogens with zero attached hydrogens (tertiary/aromatic N) is 1. The van der Waals surface area contributed by atoms with Gasteiger partial charge in [0.05, 0.1) is 0 Å². The van der Waals surface area contributed by atoms with Crippen molar-refractivity contribution in [1.82, 2.24) is 10.2 Å². The van der Waals surface area contributed by atoms with Crippen LogP contribution in [0.15, 0.2) is 18.2 Å². The normalized spacial score (nSPS) is 16.1. The number of ether oxygens (including phenoxy) is 1.